The second-order valence-corrected chi connectivity index (χ2v) is 8.07. The second kappa shape index (κ2) is 11.5. The van der Waals surface area contributed by atoms with Crippen LogP contribution in [0, 0.1) is 0 Å². The first kappa shape index (κ1) is 24.3. The van der Waals surface area contributed by atoms with Crippen molar-refractivity contribution in [1.29, 1.82) is 0 Å². The molecular weight excluding hydrogens is 418 g/mol. The molecule has 0 saturated carbocycles. The topological polar surface area (TPSA) is 76.8 Å². The van der Waals surface area contributed by atoms with Gasteiger partial charge < -0.3 is 19.2 Å². The summed E-state index contributed by atoms with van der Waals surface area (Å²) in [5.41, 5.74) is 2.32. The maximum atomic E-state index is 12.7. The van der Waals surface area contributed by atoms with Crippen LogP contribution in [0.25, 0.3) is 0 Å². The first-order valence-electron chi connectivity index (χ1n) is 11.2. The Kier molecular flexibility index (Phi) is 8.49. The second-order valence-electron chi connectivity index (χ2n) is 8.07. The van der Waals surface area contributed by atoms with Crippen LogP contribution in [0.3, 0.4) is 0 Å². The maximum Gasteiger partial charge on any atom is 0.273 e. The lowest BCUT2D eigenvalue weighted by Crippen LogP contribution is -2.32. The number of ether oxygens (including phenoxy) is 2. The van der Waals surface area contributed by atoms with Crippen LogP contribution in [-0.4, -0.2) is 36.1 Å². The van der Waals surface area contributed by atoms with Crippen molar-refractivity contribution in [3.05, 3.63) is 77.5 Å². The number of carbonyl (C=O) groups excluding carboxylic acids is 1. The number of oxazole rings is 1. The molecule has 2 aromatic carbocycles. The van der Waals surface area contributed by atoms with Gasteiger partial charge >= 0.3 is 0 Å². The van der Waals surface area contributed by atoms with Crippen LogP contribution in [0.4, 0.5) is 0 Å². The number of aromatic nitrogens is 1. The molecule has 0 spiro atoms. The molecule has 0 aliphatic heterocycles. The van der Waals surface area contributed by atoms with E-state index in [1.165, 1.54) is 6.26 Å². The summed E-state index contributed by atoms with van der Waals surface area (Å²) in [5, 5.41) is 2.98. The molecule has 0 aliphatic carbocycles. The third-order valence-corrected chi connectivity index (χ3v) is 5.85. The number of benzene rings is 2. The fourth-order valence-electron chi connectivity index (χ4n) is 3.61. The molecular formula is C26H33N3O4. The molecule has 0 aliphatic rings. The van der Waals surface area contributed by atoms with Crippen LogP contribution >= 0.6 is 0 Å². The predicted molar refractivity (Wildman–Crippen MR) is 127 cm³/mol. The van der Waals surface area contributed by atoms with E-state index in [1.54, 1.807) is 14.2 Å². The van der Waals surface area contributed by atoms with Gasteiger partial charge in [-0.05, 0) is 44.0 Å². The molecule has 0 bridgehead atoms. The quantitative estimate of drug-likeness (QED) is 0.443. The molecule has 0 unspecified atom stereocenters. The largest absolute Gasteiger partial charge is 0.497 e. The zero-order valence-corrected chi connectivity index (χ0v) is 20.0. The van der Waals surface area contributed by atoms with E-state index in [0.717, 1.165) is 29.0 Å². The minimum atomic E-state index is -0.258. The van der Waals surface area contributed by atoms with E-state index < -0.39 is 0 Å². The molecule has 2 atom stereocenters. The highest BCUT2D eigenvalue weighted by atomic mass is 16.5. The van der Waals surface area contributed by atoms with Crippen molar-refractivity contribution in [1.82, 2.24) is 15.2 Å². The van der Waals surface area contributed by atoms with Crippen LogP contribution in [0.15, 0.2) is 59.2 Å². The van der Waals surface area contributed by atoms with Crippen LogP contribution in [0.5, 0.6) is 11.5 Å². The van der Waals surface area contributed by atoms with Crippen molar-refractivity contribution in [2.45, 2.75) is 52.4 Å². The van der Waals surface area contributed by atoms with Crippen LogP contribution in [0.2, 0.25) is 0 Å². The van der Waals surface area contributed by atoms with E-state index in [4.69, 9.17) is 13.9 Å². The van der Waals surface area contributed by atoms with Crippen molar-refractivity contribution in [2.75, 3.05) is 14.2 Å². The summed E-state index contributed by atoms with van der Waals surface area (Å²) >= 11 is 0. The Hall–Kier alpha value is -3.32. The lowest BCUT2D eigenvalue weighted by atomic mass is 10.1. The van der Waals surface area contributed by atoms with Gasteiger partial charge in [-0.2, -0.15) is 0 Å². The van der Waals surface area contributed by atoms with Gasteiger partial charge in [0, 0.05) is 18.2 Å². The third kappa shape index (κ3) is 6.35. The van der Waals surface area contributed by atoms with E-state index in [1.807, 2.05) is 55.5 Å². The number of methoxy groups -OCH3 is 2. The summed E-state index contributed by atoms with van der Waals surface area (Å²) in [4.78, 5) is 19.4. The standard InChI is InChI=1S/C26H33N3O4/c1-6-18(2)29(15-21-14-22(31-4)12-13-24(21)32-5)16-25-28-23(17-33-25)26(30)27-19(3)20-10-8-7-9-11-20/h7-14,17-19H,6,15-16H2,1-5H3,(H,27,30)/t18-,19+/m1/s1. The maximum absolute atomic E-state index is 12.7. The Morgan fingerprint density at radius 2 is 1.85 bits per heavy atom. The normalized spacial score (nSPS) is 12.9. The lowest BCUT2D eigenvalue weighted by molar-refractivity contribution is 0.0934. The summed E-state index contributed by atoms with van der Waals surface area (Å²) in [6, 6.07) is 15.7. The van der Waals surface area contributed by atoms with E-state index in [0.29, 0.717) is 19.0 Å². The Morgan fingerprint density at radius 3 is 2.52 bits per heavy atom. The van der Waals surface area contributed by atoms with Gasteiger partial charge in [0.05, 0.1) is 26.8 Å². The molecule has 1 amide bonds. The molecule has 7 nitrogen and oxygen atoms in total. The fourth-order valence-corrected chi connectivity index (χ4v) is 3.61. The number of hydrogen-bond acceptors (Lipinski definition) is 6. The first-order valence-corrected chi connectivity index (χ1v) is 11.2. The van der Waals surface area contributed by atoms with Gasteiger partial charge in [-0.25, -0.2) is 4.98 Å². The van der Waals surface area contributed by atoms with Crippen molar-refractivity contribution >= 4 is 5.91 Å². The van der Waals surface area contributed by atoms with Crippen LogP contribution < -0.4 is 14.8 Å². The van der Waals surface area contributed by atoms with Crippen LogP contribution in [-0.2, 0) is 13.1 Å². The molecule has 0 radical (unpaired) electrons. The van der Waals surface area contributed by atoms with E-state index in [2.05, 4.69) is 29.0 Å². The summed E-state index contributed by atoms with van der Waals surface area (Å²) in [6.07, 6.45) is 2.37. The van der Waals surface area contributed by atoms with Crippen molar-refractivity contribution < 1.29 is 18.7 Å². The number of nitrogens with one attached hydrogen (secondary N) is 1. The van der Waals surface area contributed by atoms with Gasteiger partial charge in [0.25, 0.3) is 5.91 Å². The number of hydrogen-bond donors (Lipinski definition) is 1. The van der Waals surface area contributed by atoms with Crippen molar-refractivity contribution in [3.8, 4) is 11.5 Å². The zero-order valence-electron chi connectivity index (χ0n) is 20.0. The van der Waals surface area contributed by atoms with E-state index in [-0.39, 0.29) is 23.7 Å². The van der Waals surface area contributed by atoms with Gasteiger partial charge in [0.15, 0.2) is 5.69 Å². The number of rotatable bonds is 11. The number of amides is 1. The molecule has 7 heteroatoms. The van der Waals surface area contributed by atoms with Crippen LogP contribution in [0.1, 0.15) is 60.7 Å². The summed E-state index contributed by atoms with van der Waals surface area (Å²) in [5.74, 6) is 1.81. The monoisotopic (exact) mass is 451 g/mol. The number of nitrogens with zero attached hydrogens (tertiary/aromatic N) is 2. The molecule has 1 aromatic heterocycles. The predicted octanol–water partition coefficient (Wildman–Crippen LogP) is 4.98. The van der Waals surface area contributed by atoms with E-state index >= 15 is 0 Å². The molecule has 176 valence electrons. The third-order valence-electron chi connectivity index (χ3n) is 5.85. The minimum Gasteiger partial charge on any atom is -0.497 e. The Labute approximate surface area is 195 Å². The van der Waals surface area contributed by atoms with Gasteiger partial charge in [-0.1, -0.05) is 37.3 Å². The number of carbonyl (C=O) groups is 1. The zero-order chi connectivity index (χ0) is 23.8. The van der Waals surface area contributed by atoms with Crippen molar-refractivity contribution in [2.24, 2.45) is 0 Å². The minimum absolute atomic E-state index is 0.129. The average Bonchev–Trinajstić information content (AvgIpc) is 3.32. The molecule has 1 heterocycles. The summed E-state index contributed by atoms with van der Waals surface area (Å²) in [6.45, 7) is 7.34. The van der Waals surface area contributed by atoms with Gasteiger partial charge in [0.2, 0.25) is 5.89 Å². The average molecular weight is 452 g/mol. The van der Waals surface area contributed by atoms with Gasteiger partial charge in [0.1, 0.15) is 17.8 Å². The highest BCUT2D eigenvalue weighted by Gasteiger charge is 2.21. The molecule has 3 rings (SSSR count). The smallest absolute Gasteiger partial charge is 0.273 e. The van der Waals surface area contributed by atoms with Gasteiger partial charge in [-0.15, -0.1) is 0 Å². The molecule has 33 heavy (non-hydrogen) atoms. The molecule has 3 aromatic rings. The van der Waals surface area contributed by atoms with Crippen molar-refractivity contribution in [3.63, 3.8) is 0 Å². The molecule has 1 N–H and O–H groups in total. The Bertz CT molecular complexity index is 1040. The highest BCUT2D eigenvalue weighted by molar-refractivity contribution is 5.92. The van der Waals surface area contributed by atoms with E-state index in [9.17, 15) is 4.79 Å². The molecule has 0 fully saturated rings. The SMILES string of the molecule is CC[C@@H](C)N(Cc1nc(C(=O)N[C@@H](C)c2ccccc2)co1)Cc1cc(OC)ccc1OC. The highest BCUT2D eigenvalue weighted by Crippen LogP contribution is 2.27. The Balaban J connectivity index is 1.71. The molecule has 0 saturated heterocycles. The summed E-state index contributed by atoms with van der Waals surface area (Å²) < 4.78 is 16.6. The first-order chi connectivity index (χ1) is 15.9. The fraction of sp³-hybridized carbons (Fsp3) is 0.385. The Morgan fingerprint density at radius 1 is 1.09 bits per heavy atom. The van der Waals surface area contributed by atoms with Gasteiger partial charge in [-0.3, -0.25) is 9.69 Å². The lowest BCUT2D eigenvalue weighted by Gasteiger charge is -2.28. The summed E-state index contributed by atoms with van der Waals surface area (Å²) in [7, 11) is 3.31.